The third kappa shape index (κ3) is 3.82. The molecular weight excluding hydrogens is 264 g/mol. The number of hydrogen-bond acceptors (Lipinski definition) is 4. The van der Waals surface area contributed by atoms with Crippen molar-refractivity contribution in [2.24, 2.45) is 5.92 Å². The summed E-state index contributed by atoms with van der Waals surface area (Å²) in [5, 5.41) is 0. The largest absolute Gasteiger partial charge is 0.385 e. The van der Waals surface area contributed by atoms with Crippen molar-refractivity contribution in [3.63, 3.8) is 0 Å². The van der Waals surface area contributed by atoms with Crippen molar-refractivity contribution < 1.29 is 9.47 Å². The maximum Gasteiger partial charge on any atom is 0.0710 e. The summed E-state index contributed by atoms with van der Waals surface area (Å²) in [6.45, 7) is 4.98. The van der Waals surface area contributed by atoms with Gasteiger partial charge in [-0.15, -0.1) is 0 Å². The molecule has 3 heterocycles. The predicted octanol–water partition coefficient (Wildman–Crippen LogP) is 2.49. The Bertz CT molecular complexity index is 430. The first-order valence-corrected chi connectivity index (χ1v) is 8.05. The van der Waals surface area contributed by atoms with E-state index >= 15 is 0 Å². The lowest BCUT2D eigenvalue weighted by Gasteiger charge is -2.38. The van der Waals surface area contributed by atoms with Crippen molar-refractivity contribution in [2.75, 3.05) is 33.4 Å². The molecule has 0 radical (unpaired) electrons. The number of aromatic nitrogens is 1. The van der Waals surface area contributed by atoms with Gasteiger partial charge in [-0.25, -0.2) is 0 Å². The van der Waals surface area contributed by atoms with Crippen molar-refractivity contribution in [3.05, 3.63) is 30.1 Å². The average molecular weight is 290 g/mol. The standard InChI is InChI=1S/C17H26N2O2/c1-20-11-5-15-12-17(21-14-15)6-9-19(10-7-17)13-16-4-2-3-8-18-16/h2-4,8,15H,5-7,9-14H2,1H3/t15-/m0/s1. The van der Waals surface area contributed by atoms with Crippen LogP contribution < -0.4 is 0 Å². The molecule has 4 nitrogen and oxygen atoms in total. The Morgan fingerprint density at radius 1 is 1.38 bits per heavy atom. The second-order valence-corrected chi connectivity index (χ2v) is 6.44. The Kier molecular flexibility index (Phi) is 4.88. The lowest BCUT2D eigenvalue weighted by molar-refractivity contribution is -0.0453. The van der Waals surface area contributed by atoms with Crippen molar-refractivity contribution >= 4 is 0 Å². The molecule has 0 saturated carbocycles. The summed E-state index contributed by atoms with van der Waals surface area (Å²) >= 11 is 0. The molecule has 0 amide bonds. The number of piperidine rings is 1. The monoisotopic (exact) mass is 290 g/mol. The van der Waals surface area contributed by atoms with Gasteiger partial charge in [0.1, 0.15) is 0 Å². The SMILES string of the molecule is COCC[C@@H]1COC2(CCN(Cc3ccccn3)CC2)C1. The molecule has 2 fully saturated rings. The summed E-state index contributed by atoms with van der Waals surface area (Å²) < 4.78 is 11.4. The number of ether oxygens (including phenoxy) is 2. The first kappa shape index (κ1) is 14.9. The van der Waals surface area contributed by atoms with Gasteiger partial charge in [-0.05, 0) is 43.7 Å². The highest BCUT2D eigenvalue weighted by molar-refractivity contribution is 5.04. The zero-order chi connectivity index (χ0) is 14.5. The zero-order valence-electron chi connectivity index (χ0n) is 13.0. The van der Waals surface area contributed by atoms with Gasteiger partial charge in [0.25, 0.3) is 0 Å². The lowest BCUT2D eigenvalue weighted by Crippen LogP contribution is -2.43. The van der Waals surface area contributed by atoms with Crippen LogP contribution >= 0.6 is 0 Å². The van der Waals surface area contributed by atoms with Gasteiger partial charge < -0.3 is 9.47 Å². The fourth-order valence-electron chi connectivity index (χ4n) is 3.60. The Labute approximate surface area is 127 Å². The van der Waals surface area contributed by atoms with E-state index in [9.17, 15) is 0 Å². The number of pyridine rings is 1. The molecule has 1 spiro atoms. The highest BCUT2D eigenvalue weighted by atomic mass is 16.5. The van der Waals surface area contributed by atoms with E-state index < -0.39 is 0 Å². The number of rotatable bonds is 5. The quantitative estimate of drug-likeness (QED) is 0.834. The number of methoxy groups -OCH3 is 1. The first-order valence-electron chi connectivity index (χ1n) is 8.05. The van der Waals surface area contributed by atoms with Crippen molar-refractivity contribution in [1.82, 2.24) is 9.88 Å². The van der Waals surface area contributed by atoms with Gasteiger partial charge in [0.05, 0.1) is 17.9 Å². The third-order valence-corrected chi connectivity index (χ3v) is 4.90. The maximum absolute atomic E-state index is 6.19. The molecule has 21 heavy (non-hydrogen) atoms. The molecule has 116 valence electrons. The molecule has 0 aliphatic carbocycles. The van der Waals surface area contributed by atoms with E-state index in [1.165, 1.54) is 12.1 Å². The number of likely N-dealkylation sites (tertiary alicyclic amines) is 1. The van der Waals surface area contributed by atoms with Crippen molar-refractivity contribution in [2.45, 2.75) is 37.8 Å². The minimum atomic E-state index is 0.152. The van der Waals surface area contributed by atoms with Gasteiger partial charge in [0.15, 0.2) is 0 Å². The molecule has 0 unspecified atom stereocenters. The Morgan fingerprint density at radius 2 is 2.24 bits per heavy atom. The van der Waals surface area contributed by atoms with E-state index in [1.807, 2.05) is 12.3 Å². The maximum atomic E-state index is 6.19. The van der Waals surface area contributed by atoms with Crippen LogP contribution in [-0.4, -0.2) is 48.9 Å². The topological polar surface area (TPSA) is 34.6 Å². The molecule has 1 atom stereocenters. The Morgan fingerprint density at radius 3 is 2.95 bits per heavy atom. The number of nitrogens with zero attached hydrogens (tertiary/aromatic N) is 2. The smallest absolute Gasteiger partial charge is 0.0710 e. The summed E-state index contributed by atoms with van der Waals surface area (Å²) in [6, 6.07) is 6.15. The third-order valence-electron chi connectivity index (χ3n) is 4.90. The summed E-state index contributed by atoms with van der Waals surface area (Å²) in [5.74, 6) is 0.687. The molecular formula is C17H26N2O2. The van der Waals surface area contributed by atoms with Crippen LogP contribution in [0, 0.1) is 5.92 Å². The van der Waals surface area contributed by atoms with E-state index in [0.29, 0.717) is 5.92 Å². The highest BCUT2D eigenvalue weighted by Gasteiger charge is 2.42. The summed E-state index contributed by atoms with van der Waals surface area (Å²) in [6.07, 6.45) is 6.54. The van der Waals surface area contributed by atoms with Crippen molar-refractivity contribution in [1.29, 1.82) is 0 Å². The van der Waals surface area contributed by atoms with Crippen molar-refractivity contribution in [3.8, 4) is 0 Å². The minimum absolute atomic E-state index is 0.152. The van der Waals surface area contributed by atoms with E-state index in [1.54, 1.807) is 7.11 Å². The fourth-order valence-corrected chi connectivity index (χ4v) is 3.60. The zero-order valence-corrected chi connectivity index (χ0v) is 13.0. The van der Waals surface area contributed by atoms with E-state index in [-0.39, 0.29) is 5.60 Å². The fraction of sp³-hybridized carbons (Fsp3) is 0.706. The van der Waals surface area contributed by atoms with Crippen LogP contribution in [0.5, 0.6) is 0 Å². The highest BCUT2D eigenvalue weighted by Crippen LogP contribution is 2.39. The second kappa shape index (κ2) is 6.86. The molecule has 0 N–H and O–H groups in total. The molecule has 2 aliphatic heterocycles. The van der Waals surface area contributed by atoms with E-state index in [4.69, 9.17) is 9.47 Å². The van der Waals surface area contributed by atoms with Crippen LogP contribution in [0.4, 0.5) is 0 Å². The molecule has 1 aromatic rings. The molecule has 3 rings (SSSR count). The molecule has 4 heteroatoms. The summed E-state index contributed by atoms with van der Waals surface area (Å²) in [7, 11) is 1.78. The molecule has 2 saturated heterocycles. The van der Waals surface area contributed by atoms with E-state index in [0.717, 1.165) is 52.1 Å². The first-order chi connectivity index (χ1) is 10.3. The van der Waals surface area contributed by atoms with Gasteiger partial charge in [-0.3, -0.25) is 9.88 Å². The van der Waals surface area contributed by atoms with Gasteiger partial charge in [-0.1, -0.05) is 6.07 Å². The van der Waals surface area contributed by atoms with Crippen LogP contribution in [0.25, 0.3) is 0 Å². The minimum Gasteiger partial charge on any atom is -0.385 e. The van der Waals surface area contributed by atoms with Crippen LogP contribution in [0.1, 0.15) is 31.4 Å². The van der Waals surface area contributed by atoms with E-state index in [2.05, 4.69) is 22.0 Å². The molecule has 2 aliphatic rings. The van der Waals surface area contributed by atoms with Gasteiger partial charge in [-0.2, -0.15) is 0 Å². The predicted molar refractivity (Wildman–Crippen MR) is 82.0 cm³/mol. The number of hydrogen-bond donors (Lipinski definition) is 0. The Hall–Kier alpha value is -0.970. The van der Waals surface area contributed by atoms with Crippen LogP contribution in [0.3, 0.4) is 0 Å². The van der Waals surface area contributed by atoms with Crippen LogP contribution in [0.2, 0.25) is 0 Å². The van der Waals surface area contributed by atoms with Crippen LogP contribution in [-0.2, 0) is 16.0 Å². The Balaban J connectivity index is 1.47. The van der Waals surface area contributed by atoms with Gasteiger partial charge >= 0.3 is 0 Å². The summed E-state index contributed by atoms with van der Waals surface area (Å²) in [5.41, 5.74) is 1.32. The summed E-state index contributed by atoms with van der Waals surface area (Å²) in [4.78, 5) is 6.92. The molecule has 1 aromatic heterocycles. The van der Waals surface area contributed by atoms with Crippen LogP contribution in [0.15, 0.2) is 24.4 Å². The molecule has 0 aromatic carbocycles. The molecule has 0 bridgehead atoms. The average Bonchev–Trinajstić information content (AvgIpc) is 2.92. The van der Waals surface area contributed by atoms with Gasteiger partial charge in [0, 0.05) is 39.5 Å². The van der Waals surface area contributed by atoms with Gasteiger partial charge in [0.2, 0.25) is 0 Å². The normalized spacial score (nSPS) is 25.5. The lowest BCUT2D eigenvalue weighted by atomic mass is 9.84. The second-order valence-electron chi connectivity index (χ2n) is 6.44.